The van der Waals surface area contributed by atoms with Crippen molar-refractivity contribution >= 4 is 17.8 Å². The summed E-state index contributed by atoms with van der Waals surface area (Å²) in [7, 11) is 5.17. The standard InChI is InChI=1S/C41H68FN5O9/c1-13-30-41(9)33(47(38(51)56-41)46(14-2)20-16-18-28-17-15-19-44-23-28)26(5)31(43)24(3)22-39(7,52-12)35(27(6)34(49)40(8,42)37(50)54-30)55-36-32(48)29(45(10)11)21-25(4)53-36/h15,17,19,23-27,29-33,35-36,48H,13-14,16,18,20-22,43H2,1-12H3/t24-,25-,26+,27+,29+,30-,31?,32-,33-,35-,36+,39+,40?,41-/m1/s1. The number of nitrogens with two attached hydrogens (primary N) is 1. The first-order valence-corrected chi connectivity index (χ1v) is 20.2. The minimum absolute atomic E-state index is 0.153. The summed E-state index contributed by atoms with van der Waals surface area (Å²) in [6.07, 6.45) is 0.291. The highest BCUT2D eigenvalue weighted by Gasteiger charge is 2.62. The predicted octanol–water partition coefficient (Wildman–Crippen LogP) is 4.31. The maximum atomic E-state index is 16.9. The number of ether oxygens (including phenoxy) is 5. The second-order valence-corrected chi connectivity index (χ2v) is 17.1. The second-order valence-electron chi connectivity index (χ2n) is 17.1. The highest BCUT2D eigenvalue weighted by Crippen LogP contribution is 2.44. The third-order valence-electron chi connectivity index (χ3n) is 12.7. The molecule has 1 aromatic rings. The van der Waals surface area contributed by atoms with Crippen LogP contribution in [0.2, 0.25) is 0 Å². The molecule has 2 unspecified atom stereocenters. The number of pyridine rings is 1. The van der Waals surface area contributed by atoms with E-state index in [1.165, 1.54) is 14.0 Å². The number of aliphatic hydroxyl groups excluding tert-OH is 1. The van der Waals surface area contributed by atoms with Gasteiger partial charge in [-0.05, 0) is 97.4 Å². The predicted molar refractivity (Wildman–Crippen MR) is 208 cm³/mol. The van der Waals surface area contributed by atoms with E-state index in [4.69, 9.17) is 29.4 Å². The molecule has 3 aliphatic heterocycles. The summed E-state index contributed by atoms with van der Waals surface area (Å²) in [6.45, 7) is 16.3. The van der Waals surface area contributed by atoms with Crippen LogP contribution in [0.15, 0.2) is 24.5 Å². The van der Waals surface area contributed by atoms with Gasteiger partial charge >= 0.3 is 12.1 Å². The molecule has 3 saturated heterocycles. The molecule has 0 spiro atoms. The molecular formula is C41H68FN5O9. The van der Waals surface area contributed by atoms with Gasteiger partial charge in [0.2, 0.25) is 0 Å². The van der Waals surface area contributed by atoms with Crippen molar-refractivity contribution in [3.8, 4) is 0 Å². The molecule has 3 N–H and O–H groups in total. The summed E-state index contributed by atoms with van der Waals surface area (Å²) in [5, 5.41) is 15.0. The number of hydrazine groups is 1. The number of Topliss-reactive ketones (excluding diaryl/α,β-unsaturated/α-hetero) is 1. The van der Waals surface area contributed by atoms with Gasteiger partial charge in [0, 0.05) is 50.6 Å². The molecule has 0 radical (unpaired) electrons. The molecule has 4 rings (SSSR count). The Kier molecular flexibility index (Phi) is 15.1. The zero-order valence-electron chi connectivity index (χ0n) is 35.6. The maximum Gasteiger partial charge on any atom is 0.425 e. The number of aliphatic hydroxyl groups is 1. The minimum atomic E-state index is -3.14. The normalized spacial score (nSPS) is 40.3. The van der Waals surface area contributed by atoms with Crippen LogP contribution < -0.4 is 5.73 Å². The van der Waals surface area contributed by atoms with Gasteiger partial charge in [0.05, 0.1) is 23.9 Å². The van der Waals surface area contributed by atoms with Gasteiger partial charge in [0.15, 0.2) is 17.7 Å². The number of alkyl halides is 1. The van der Waals surface area contributed by atoms with Gasteiger partial charge in [-0.3, -0.25) is 9.78 Å². The lowest BCUT2D eigenvalue weighted by Crippen LogP contribution is -2.64. The minimum Gasteiger partial charge on any atom is -0.455 e. The Bertz CT molecular complexity index is 1490. The molecule has 3 fully saturated rings. The van der Waals surface area contributed by atoms with Crippen molar-refractivity contribution < 1.29 is 47.6 Å². The van der Waals surface area contributed by atoms with Crippen LogP contribution in [0.5, 0.6) is 0 Å². The first-order chi connectivity index (χ1) is 26.2. The number of hydrogen-bond donors (Lipinski definition) is 2. The Morgan fingerprint density at radius 1 is 1.12 bits per heavy atom. The molecule has 15 heteroatoms. The molecule has 1 amide bonds. The summed E-state index contributed by atoms with van der Waals surface area (Å²) in [5.41, 5.74) is 2.35. The van der Waals surface area contributed by atoms with Crippen molar-refractivity contribution in [3.63, 3.8) is 0 Å². The number of aromatic nitrogens is 1. The van der Waals surface area contributed by atoms with Crippen molar-refractivity contribution in [1.29, 1.82) is 0 Å². The van der Waals surface area contributed by atoms with Crippen molar-refractivity contribution in [3.05, 3.63) is 30.1 Å². The molecule has 3 aliphatic rings. The van der Waals surface area contributed by atoms with E-state index >= 15 is 4.39 Å². The first kappa shape index (κ1) is 45.9. The number of methoxy groups -OCH3 is 1. The molecule has 0 saturated carbocycles. The molecule has 14 nitrogen and oxygen atoms in total. The largest absolute Gasteiger partial charge is 0.455 e. The van der Waals surface area contributed by atoms with Gasteiger partial charge in [0.1, 0.15) is 12.2 Å². The number of carbonyl (C=O) groups excluding carboxylic acids is 3. The first-order valence-electron chi connectivity index (χ1n) is 20.2. The summed E-state index contributed by atoms with van der Waals surface area (Å²) < 4.78 is 48.0. The van der Waals surface area contributed by atoms with E-state index in [-0.39, 0.29) is 30.9 Å². The number of rotatable bonds is 11. The van der Waals surface area contributed by atoms with Gasteiger partial charge in [0.25, 0.3) is 5.67 Å². The number of aryl methyl sites for hydroxylation is 1. The fraction of sp³-hybridized carbons (Fsp3) is 0.805. The number of carbonyl (C=O) groups is 3. The van der Waals surface area contributed by atoms with E-state index in [1.807, 2.05) is 70.0 Å². The average molecular weight is 794 g/mol. The monoisotopic (exact) mass is 794 g/mol. The van der Waals surface area contributed by atoms with Crippen LogP contribution in [0.4, 0.5) is 9.18 Å². The molecule has 4 heterocycles. The van der Waals surface area contributed by atoms with Gasteiger partial charge in [-0.2, -0.15) is 0 Å². The summed E-state index contributed by atoms with van der Waals surface area (Å²) in [6, 6.07) is 2.21. The Morgan fingerprint density at radius 3 is 2.38 bits per heavy atom. The van der Waals surface area contributed by atoms with Gasteiger partial charge in [-0.1, -0.05) is 40.7 Å². The number of esters is 1. The third kappa shape index (κ3) is 9.24. The van der Waals surface area contributed by atoms with Gasteiger partial charge < -0.3 is 39.4 Å². The van der Waals surface area contributed by atoms with E-state index in [2.05, 4.69) is 4.98 Å². The maximum absolute atomic E-state index is 16.9. The van der Waals surface area contributed by atoms with Crippen molar-refractivity contribution in [2.45, 2.75) is 160 Å². The number of nitrogens with zero attached hydrogens (tertiary/aromatic N) is 4. The highest BCUT2D eigenvalue weighted by atomic mass is 19.1. The Morgan fingerprint density at radius 2 is 1.80 bits per heavy atom. The number of halogens is 1. The molecule has 1 aromatic heterocycles. The van der Waals surface area contributed by atoms with Crippen LogP contribution in [-0.4, -0.2) is 143 Å². The lowest BCUT2D eigenvalue weighted by molar-refractivity contribution is -0.296. The van der Waals surface area contributed by atoms with Crippen molar-refractivity contribution in [2.24, 2.45) is 23.5 Å². The number of fused-ring (bicyclic) bond motifs is 1. The van der Waals surface area contributed by atoms with E-state index in [0.717, 1.165) is 18.9 Å². The Hall–Kier alpha value is -2.79. The zero-order chi connectivity index (χ0) is 41.9. The number of cyclic esters (lactones) is 1. The highest BCUT2D eigenvalue weighted by molar-refractivity contribution is 6.07. The molecule has 0 aromatic carbocycles. The molecule has 318 valence electrons. The van der Waals surface area contributed by atoms with Crippen LogP contribution in [-0.2, 0) is 39.7 Å². The molecule has 0 bridgehead atoms. The molecule has 56 heavy (non-hydrogen) atoms. The third-order valence-corrected chi connectivity index (χ3v) is 12.7. The van der Waals surface area contributed by atoms with Crippen molar-refractivity contribution in [2.75, 3.05) is 34.3 Å². The van der Waals surface area contributed by atoms with Crippen LogP contribution in [0.3, 0.4) is 0 Å². The lowest BCUT2D eigenvalue weighted by atomic mass is 9.72. The number of hydrogen-bond acceptors (Lipinski definition) is 13. The van der Waals surface area contributed by atoms with Gasteiger partial charge in [-0.15, -0.1) is 0 Å². The fourth-order valence-electron chi connectivity index (χ4n) is 9.29. The van der Waals surface area contributed by atoms with Crippen LogP contribution >= 0.6 is 0 Å². The van der Waals surface area contributed by atoms with Crippen molar-refractivity contribution in [1.82, 2.24) is 19.9 Å². The van der Waals surface area contributed by atoms with Crippen LogP contribution in [0.1, 0.15) is 93.6 Å². The fourth-order valence-corrected chi connectivity index (χ4v) is 9.29. The van der Waals surface area contributed by atoms with Gasteiger partial charge in [-0.25, -0.2) is 24.0 Å². The Labute approximate surface area is 332 Å². The number of ketones is 1. The van der Waals surface area contributed by atoms with E-state index in [1.54, 1.807) is 32.0 Å². The second kappa shape index (κ2) is 18.4. The topological polar surface area (TPSA) is 166 Å². The summed E-state index contributed by atoms with van der Waals surface area (Å²) in [4.78, 5) is 48.5. The average Bonchev–Trinajstić information content (AvgIpc) is 3.43. The smallest absolute Gasteiger partial charge is 0.425 e. The molecular weight excluding hydrogens is 725 g/mol. The Balaban J connectivity index is 1.79. The van der Waals surface area contributed by atoms with E-state index in [0.29, 0.717) is 25.9 Å². The van der Waals surface area contributed by atoms with E-state index < -0.39 is 83.2 Å². The number of amides is 1. The summed E-state index contributed by atoms with van der Waals surface area (Å²) in [5.74, 6) is -4.59. The van der Waals surface area contributed by atoms with E-state index in [9.17, 15) is 19.5 Å². The van der Waals surface area contributed by atoms with Crippen LogP contribution in [0, 0.1) is 17.8 Å². The molecule has 14 atom stereocenters. The lowest BCUT2D eigenvalue weighted by Gasteiger charge is -2.48. The molecule has 0 aliphatic carbocycles. The zero-order valence-corrected chi connectivity index (χ0v) is 35.6. The SMILES string of the molecule is CC[C@H]1OC(=O)C(C)(F)C(=O)[C@H](C)[C@@H](O[C@@H]2O[C@H](C)C[C@H](N(C)C)[C@H]2O)[C@@](C)(OC)C[C@@H](C)C(N)[C@H](C)[C@H]2N(N(CC)CCCc3cccnc3)C(=O)O[C@]12C. The number of likely N-dealkylation sites (N-methyl/N-ethyl adjacent to an activating group) is 1. The summed E-state index contributed by atoms with van der Waals surface area (Å²) >= 11 is 0. The quantitative estimate of drug-likeness (QED) is 0.241. The van der Waals surface area contributed by atoms with Crippen LogP contribution in [0.25, 0.3) is 0 Å².